The van der Waals surface area contributed by atoms with E-state index in [9.17, 15) is 0 Å². The summed E-state index contributed by atoms with van der Waals surface area (Å²) in [6, 6.07) is 9.53. The van der Waals surface area contributed by atoms with E-state index < -0.39 is 0 Å². The van der Waals surface area contributed by atoms with Gasteiger partial charge < -0.3 is 11.1 Å². The molecule has 0 saturated carbocycles. The molecule has 2 rings (SSSR count). The second kappa shape index (κ2) is 5.75. The van der Waals surface area contributed by atoms with E-state index in [0.717, 1.165) is 30.2 Å². The van der Waals surface area contributed by atoms with Crippen LogP contribution in [0.4, 0.5) is 5.82 Å². The predicted molar refractivity (Wildman–Crippen MR) is 76.6 cm³/mol. The van der Waals surface area contributed by atoms with Crippen molar-refractivity contribution in [2.75, 3.05) is 11.9 Å². The topological polar surface area (TPSA) is 76.7 Å². The monoisotopic (exact) mass is 257 g/mol. The van der Waals surface area contributed by atoms with E-state index in [4.69, 9.17) is 5.73 Å². The third-order valence-electron chi connectivity index (χ3n) is 2.67. The second-order valence-electron chi connectivity index (χ2n) is 5.18. The van der Waals surface area contributed by atoms with Crippen molar-refractivity contribution in [1.82, 2.24) is 15.2 Å². The van der Waals surface area contributed by atoms with Crippen molar-refractivity contribution in [3.63, 3.8) is 0 Å². The van der Waals surface area contributed by atoms with Gasteiger partial charge in [0.1, 0.15) is 11.5 Å². The van der Waals surface area contributed by atoms with Crippen LogP contribution < -0.4 is 11.1 Å². The molecule has 5 nitrogen and oxygen atoms in total. The molecule has 0 aromatic carbocycles. The first-order valence-corrected chi connectivity index (χ1v) is 6.32. The summed E-state index contributed by atoms with van der Waals surface area (Å²) in [5.74, 6) is 0.754. The van der Waals surface area contributed by atoms with Crippen LogP contribution in [0.15, 0.2) is 36.5 Å². The molecule has 100 valence electrons. The fraction of sp³-hybridized carbons (Fsp3) is 0.357. The molecule has 0 aliphatic heterocycles. The normalized spacial score (nSPS) is 11.3. The highest BCUT2D eigenvalue weighted by Gasteiger charge is 2.09. The average Bonchev–Trinajstić information content (AvgIpc) is 2.39. The van der Waals surface area contributed by atoms with Gasteiger partial charge in [0.05, 0.1) is 5.69 Å². The lowest BCUT2D eigenvalue weighted by atomic mass is 10.0. The first-order valence-electron chi connectivity index (χ1n) is 6.32. The largest absolute Gasteiger partial charge is 0.369 e. The summed E-state index contributed by atoms with van der Waals surface area (Å²) in [6.45, 7) is 4.79. The molecule has 0 bridgehead atoms. The number of hydrogen-bond acceptors (Lipinski definition) is 5. The number of rotatable bonds is 5. The van der Waals surface area contributed by atoms with Crippen LogP contribution in [-0.2, 0) is 0 Å². The fourth-order valence-electron chi connectivity index (χ4n) is 1.59. The molecule has 2 aromatic heterocycles. The Hall–Kier alpha value is -2.01. The summed E-state index contributed by atoms with van der Waals surface area (Å²) < 4.78 is 0. The Morgan fingerprint density at radius 1 is 1.11 bits per heavy atom. The lowest BCUT2D eigenvalue weighted by Crippen LogP contribution is -2.34. The van der Waals surface area contributed by atoms with Gasteiger partial charge in [-0.1, -0.05) is 6.07 Å². The predicted octanol–water partition coefficient (Wildman–Crippen LogP) is 2.08. The standard InChI is InChI=1S/C14H19N5/c1-14(2,15)8-10-17-13-7-6-12(18-19-13)11-5-3-4-9-16-11/h3-7,9H,8,10,15H2,1-2H3,(H,17,19). The summed E-state index contributed by atoms with van der Waals surface area (Å²) in [7, 11) is 0. The molecular weight excluding hydrogens is 238 g/mol. The van der Waals surface area contributed by atoms with Crippen LogP contribution >= 0.6 is 0 Å². The molecule has 0 fully saturated rings. The lowest BCUT2D eigenvalue weighted by molar-refractivity contribution is 0.490. The van der Waals surface area contributed by atoms with Crippen LogP contribution in [0.25, 0.3) is 11.4 Å². The van der Waals surface area contributed by atoms with Gasteiger partial charge in [-0.05, 0) is 44.5 Å². The molecule has 0 unspecified atom stereocenters. The van der Waals surface area contributed by atoms with E-state index in [1.807, 2.05) is 44.2 Å². The smallest absolute Gasteiger partial charge is 0.148 e. The summed E-state index contributed by atoms with van der Waals surface area (Å²) in [5, 5.41) is 11.5. The van der Waals surface area contributed by atoms with Crippen molar-refractivity contribution in [2.45, 2.75) is 25.8 Å². The summed E-state index contributed by atoms with van der Waals surface area (Å²) >= 11 is 0. The summed E-state index contributed by atoms with van der Waals surface area (Å²) in [5.41, 5.74) is 7.34. The zero-order chi connectivity index (χ0) is 13.7. The Morgan fingerprint density at radius 3 is 2.53 bits per heavy atom. The number of anilines is 1. The molecular formula is C14H19N5. The molecule has 0 radical (unpaired) electrons. The molecule has 3 N–H and O–H groups in total. The summed E-state index contributed by atoms with van der Waals surface area (Å²) in [4.78, 5) is 4.23. The Balaban J connectivity index is 1.96. The molecule has 2 heterocycles. The van der Waals surface area contributed by atoms with Crippen LogP contribution in [0.3, 0.4) is 0 Å². The van der Waals surface area contributed by atoms with Gasteiger partial charge in [-0.15, -0.1) is 10.2 Å². The third-order valence-corrected chi connectivity index (χ3v) is 2.67. The Labute approximate surface area is 113 Å². The van der Waals surface area contributed by atoms with E-state index in [-0.39, 0.29) is 5.54 Å². The fourth-order valence-corrected chi connectivity index (χ4v) is 1.59. The molecule has 0 atom stereocenters. The molecule has 19 heavy (non-hydrogen) atoms. The second-order valence-corrected chi connectivity index (χ2v) is 5.18. The maximum atomic E-state index is 5.92. The van der Waals surface area contributed by atoms with Crippen LogP contribution in [0.5, 0.6) is 0 Å². The lowest BCUT2D eigenvalue weighted by Gasteiger charge is -2.18. The van der Waals surface area contributed by atoms with Gasteiger partial charge in [0.15, 0.2) is 0 Å². The van der Waals surface area contributed by atoms with Crippen molar-refractivity contribution < 1.29 is 0 Å². The van der Waals surface area contributed by atoms with Gasteiger partial charge in [-0.25, -0.2) is 0 Å². The van der Waals surface area contributed by atoms with Crippen LogP contribution in [0.1, 0.15) is 20.3 Å². The van der Waals surface area contributed by atoms with Gasteiger partial charge in [0, 0.05) is 18.3 Å². The number of aromatic nitrogens is 3. The molecule has 2 aromatic rings. The van der Waals surface area contributed by atoms with E-state index in [0.29, 0.717) is 0 Å². The van der Waals surface area contributed by atoms with Gasteiger partial charge in [-0.3, -0.25) is 4.98 Å². The van der Waals surface area contributed by atoms with Crippen molar-refractivity contribution in [1.29, 1.82) is 0 Å². The molecule has 0 amide bonds. The maximum absolute atomic E-state index is 5.92. The number of nitrogens with two attached hydrogens (primary N) is 1. The van der Waals surface area contributed by atoms with Crippen LogP contribution in [0.2, 0.25) is 0 Å². The molecule has 0 spiro atoms. The zero-order valence-electron chi connectivity index (χ0n) is 11.3. The zero-order valence-corrected chi connectivity index (χ0v) is 11.3. The Kier molecular flexibility index (Phi) is 4.06. The number of pyridine rings is 1. The minimum Gasteiger partial charge on any atom is -0.369 e. The van der Waals surface area contributed by atoms with E-state index in [1.54, 1.807) is 6.20 Å². The maximum Gasteiger partial charge on any atom is 0.148 e. The van der Waals surface area contributed by atoms with E-state index in [1.165, 1.54) is 0 Å². The van der Waals surface area contributed by atoms with Crippen molar-refractivity contribution in [3.05, 3.63) is 36.5 Å². The van der Waals surface area contributed by atoms with Gasteiger partial charge in [0.2, 0.25) is 0 Å². The average molecular weight is 257 g/mol. The minimum absolute atomic E-state index is 0.172. The minimum atomic E-state index is -0.172. The van der Waals surface area contributed by atoms with Crippen molar-refractivity contribution in [2.24, 2.45) is 5.73 Å². The number of nitrogens with one attached hydrogen (secondary N) is 1. The highest BCUT2D eigenvalue weighted by atomic mass is 15.2. The van der Waals surface area contributed by atoms with Gasteiger partial charge >= 0.3 is 0 Å². The Bertz CT molecular complexity index is 502. The van der Waals surface area contributed by atoms with E-state index >= 15 is 0 Å². The highest BCUT2D eigenvalue weighted by Crippen LogP contribution is 2.13. The van der Waals surface area contributed by atoms with E-state index in [2.05, 4.69) is 20.5 Å². The van der Waals surface area contributed by atoms with Crippen molar-refractivity contribution >= 4 is 5.82 Å². The van der Waals surface area contributed by atoms with Crippen LogP contribution in [-0.4, -0.2) is 27.3 Å². The van der Waals surface area contributed by atoms with Gasteiger partial charge in [0.25, 0.3) is 0 Å². The number of hydrogen-bond donors (Lipinski definition) is 2. The molecule has 5 heteroatoms. The number of nitrogens with zero attached hydrogens (tertiary/aromatic N) is 3. The van der Waals surface area contributed by atoms with Crippen molar-refractivity contribution in [3.8, 4) is 11.4 Å². The molecule has 0 aliphatic carbocycles. The quantitative estimate of drug-likeness (QED) is 0.857. The van der Waals surface area contributed by atoms with Gasteiger partial charge in [-0.2, -0.15) is 0 Å². The molecule has 0 aliphatic rings. The first kappa shape index (κ1) is 13.4. The summed E-state index contributed by atoms with van der Waals surface area (Å²) in [6.07, 6.45) is 2.61. The highest BCUT2D eigenvalue weighted by molar-refractivity contribution is 5.54. The SMILES string of the molecule is CC(C)(N)CCNc1ccc(-c2ccccn2)nn1. The third kappa shape index (κ3) is 4.30. The van der Waals surface area contributed by atoms with Crippen LogP contribution in [0, 0.1) is 0 Å². The first-order chi connectivity index (χ1) is 9.04. The Morgan fingerprint density at radius 2 is 1.95 bits per heavy atom. The molecule has 0 saturated heterocycles.